The number of nitro benzene ring substituents is 1. The predicted molar refractivity (Wildman–Crippen MR) is 126 cm³/mol. The van der Waals surface area contributed by atoms with Crippen molar-refractivity contribution in [2.24, 2.45) is 0 Å². The molecule has 1 aliphatic rings. The van der Waals surface area contributed by atoms with E-state index in [9.17, 15) is 19.3 Å². The second-order valence-electron chi connectivity index (χ2n) is 7.85. The number of piperazine rings is 1. The third-order valence-corrected chi connectivity index (χ3v) is 6.90. The highest BCUT2D eigenvalue weighted by Gasteiger charge is 2.23. The summed E-state index contributed by atoms with van der Waals surface area (Å²) in [6, 6.07) is 14.8. The lowest BCUT2D eigenvalue weighted by molar-refractivity contribution is -0.384. The van der Waals surface area contributed by atoms with Crippen molar-refractivity contribution in [3.8, 4) is 10.4 Å². The van der Waals surface area contributed by atoms with Gasteiger partial charge in [0.2, 0.25) is 0 Å². The molecule has 0 aliphatic carbocycles. The van der Waals surface area contributed by atoms with Gasteiger partial charge in [0.25, 0.3) is 11.2 Å². The topological polar surface area (TPSA) is 95.4 Å². The maximum Gasteiger partial charge on any atom is 0.292 e. The van der Waals surface area contributed by atoms with E-state index in [-0.39, 0.29) is 22.0 Å². The first-order chi connectivity index (χ1) is 16.0. The van der Waals surface area contributed by atoms with E-state index in [4.69, 9.17) is 0 Å². The molecule has 1 saturated heterocycles. The van der Waals surface area contributed by atoms with Crippen molar-refractivity contribution in [2.75, 3.05) is 31.1 Å². The van der Waals surface area contributed by atoms with Crippen LogP contribution >= 0.6 is 11.3 Å². The lowest BCUT2D eigenvalue weighted by Gasteiger charge is -2.35. The number of anilines is 1. The van der Waals surface area contributed by atoms with E-state index in [0.29, 0.717) is 54.5 Å². The summed E-state index contributed by atoms with van der Waals surface area (Å²) in [5, 5.41) is 11.3. The van der Waals surface area contributed by atoms with Crippen LogP contribution in [0.4, 0.5) is 15.8 Å². The van der Waals surface area contributed by atoms with E-state index < -0.39 is 0 Å². The fourth-order valence-electron chi connectivity index (χ4n) is 4.06. The number of nitro groups is 1. The van der Waals surface area contributed by atoms with Gasteiger partial charge in [-0.05, 0) is 29.8 Å². The Hall–Kier alpha value is -3.63. The number of halogens is 1. The molecule has 3 heterocycles. The minimum absolute atomic E-state index is 0.108. The number of fused-ring (bicyclic) bond motifs is 1. The third-order valence-electron chi connectivity index (χ3n) is 5.73. The smallest absolute Gasteiger partial charge is 0.292 e. The number of aromatic amines is 1. The summed E-state index contributed by atoms with van der Waals surface area (Å²) in [5.74, 6) is 0.273. The number of aromatic nitrogens is 2. The van der Waals surface area contributed by atoms with Crippen LogP contribution in [0.3, 0.4) is 0 Å². The van der Waals surface area contributed by atoms with Gasteiger partial charge in [-0.25, -0.2) is 9.37 Å². The van der Waals surface area contributed by atoms with Crippen molar-refractivity contribution in [1.29, 1.82) is 0 Å². The first kappa shape index (κ1) is 21.2. The van der Waals surface area contributed by atoms with Crippen LogP contribution in [0.1, 0.15) is 5.82 Å². The molecule has 10 heteroatoms. The van der Waals surface area contributed by atoms with E-state index in [2.05, 4.69) is 14.9 Å². The van der Waals surface area contributed by atoms with Crippen LogP contribution in [-0.4, -0.2) is 46.0 Å². The average Bonchev–Trinajstić information content (AvgIpc) is 3.25. The normalized spacial score (nSPS) is 14.6. The number of hydrogen-bond acceptors (Lipinski definition) is 7. The molecule has 1 fully saturated rings. The van der Waals surface area contributed by atoms with Gasteiger partial charge in [-0.3, -0.25) is 19.8 Å². The van der Waals surface area contributed by atoms with Gasteiger partial charge in [0.1, 0.15) is 22.0 Å². The van der Waals surface area contributed by atoms with Gasteiger partial charge < -0.3 is 9.88 Å². The highest BCUT2D eigenvalue weighted by atomic mass is 32.1. The van der Waals surface area contributed by atoms with Crippen LogP contribution in [0, 0.1) is 15.9 Å². The molecule has 0 spiro atoms. The zero-order chi connectivity index (χ0) is 22.9. The Kier molecular flexibility index (Phi) is 5.61. The Morgan fingerprint density at radius 2 is 1.82 bits per heavy atom. The highest BCUT2D eigenvalue weighted by molar-refractivity contribution is 7.22. The monoisotopic (exact) mass is 465 g/mol. The van der Waals surface area contributed by atoms with E-state index in [1.54, 1.807) is 30.3 Å². The van der Waals surface area contributed by atoms with Crippen LogP contribution < -0.4 is 10.5 Å². The molecule has 0 saturated carbocycles. The Labute approximate surface area is 192 Å². The van der Waals surface area contributed by atoms with E-state index in [0.717, 1.165) is 10.4 Å². The first-order valence-electron chi connectivity index (χ1n) is 10.5. The molecule has 0 bridgehead atoms. The molecule has 1 N–H and O–H groups in total. The Morgan fingerprint density at radius 1 is 1.09 bits per heavy atom. The summed E-state index contributed by atoms with van der Waals surface area (Å²) in [6.45, 7) is 3.16. The molecule has 1 aliphatic heterocycles. The Bertz CT molecular complexity index is 1380. The maximum atomic E-state index is 13.2. The van der Waals surface area contributed by atoms with Crippen molar-refractivity contribution in [3.05, 3.63) is 86.7 Å². The third kappa shape index (κ3) is 4.35. The van der Waals surface area contributed by atoms with Crippen molar-refractivity contribution in [3.63, 3.8) is 0 Å². The summed E-state index contributed by atoms with van der Waals surface area (Å²) < 4.78 is 13.8. The molecule has 0 amide bonds. The molecule has 0 atom stereocenters. The molecule has 33 heavy (non-hydrogen) atoms. The number of H-pyrrole nitrogens is 1. The molecule has 0 unspecified atom stereocenters. The highest BCUT2D eigenvalue weighted by Crippen LogP contribution is 2.31. The molecule has 168 valence electrons. The van der Waals surface area contributed by atoms with Gasteiger partial charge in [0.05, 0.1) is 17.0 Å². The lowest BCUT2D eigenvalue weighted by atomic mass is 10.2. The number of rotatable bonds is 5. The van der Waals surface area contributed by atoms with Crippen molar-refractivity contribution in [2.45, 2.75) is 6.54 Å². The van der Waals surface area contributed by atoms with Crippen LogP contribution in [0.2, 0.25) is 0 Å². The molecular weight excluding hydrogens is 445 g/mol. The van der Waals surface area contributed by atoms with Crippen molar-refractivity contribution in [1.82, 2.24) is 14.9 Å². The predicted octanol–water partition coefficient (Wildman–Crippen LogP) is 4.02. The Morgan fingerprint density at radius 3 is 2.55 bits per heavy atom. The molecule has 5 rings (SSSR count). The summed E-state index contributed by atoms with van der Waals surface area (Å²) >= 11 is 1.34. The first-order valence-corrected chi connectivity index (χ1v) is 11.3. The standard InChI is InChI=1S/C23H20FN5O3S/c24-16-7-5-15(6-8-16)20-13-17-22(33-20)23(30)26-21(25-17)14-27-9-11-28(12-10-27)18-3-1-2-4-19(18)29(31)32/h1-8,13H,9-12,14H2,(H,25,26,30). The number of para-hydroxylation sites is 2. The minimum atomic E-state index is -0.355. The second kappa shape index (κ2) is 8.72. The van der Waals surface area contributed by atoms with Crippen LogP contribution in [-0.2, 0) is 6.54 Å². The van der Waals surface area contributed by atoms with E-state index in [1.165, 1.54) is 29.5 Å². The number of hydrogen-bond donors (Lipinski definition) is 1. The van der Waals surface area contributed by atoms with Gasteiger partial charge in [-0.2, -0.15) is 0 Å². The fraction of sp³-hybridized carbons (Fsp3) is 0.217. The number of thiophene rings is 1. The largest absolute Gasteiger partial charge is 0.363 e. The molecule has 8 nitrogen and oxygen atoms in total. The summed E-state index contributed by atoms with van der Waals surface area (Å²) in [6.07, 6.45) is 0. The Balaban J connectivity index is 1.31. The van der Waals surface area contributed by atoms with Crippen LogP contribution in [0.15, 0.2) is 59.4 Å². The summed E-state index contributed by atoms with van der Waals surface area (Å²) in [4.78, 5) is 36.2. The molecule has 2 aromatic carbocycles. The van der Waals surface area contributed by atoms with Crippen molar-refractivity contribution >= 4 is 32.9 Å². The van der Waals surface area contributed by atoms with Gasteiger partial charge in [0.15, 0.2) is 0 Å². The van der Waals surface area contributed by atoms with Crippen LogP contribution in [0.5, 0.6) is 0 Å². The fourth-order valence-corrected chi connectivity index (χ4v) is 5.06. The molecule has 0 radical (unpaired) electrons. The molecule has 2 aromatic heterocycles. The second-order valence-corrected chi connectivity index (χ2v) is 8.91. The number of nitrogens with zero attached hydrogens (tertiary/aromatic N) is 4. The van der Waals surface area contributed by atoms with Crippen molar-refractivity contribution < 1.29 is 9.31 Å². The maximum absolute atomic E-state index is 13.2. The van der Waals surface area contributed by atoms with Gasteiger partial charge in [-0.1, -0.05) is 24.3 Å². The summed E-state index contributed by atoms with van der Waals surface area (Å²) in [7, 11) is 0. The van der Waals surface area contributed by atoms with Crippen LogP contribution in [0.25, 0.3) is 20.7 Å². The summed E-state index contributed by atoms with van der Waals surface area (Å²) in [5.41, 5.74) is 2.01. The number of benzene rings is 2. The zero-order valence-corrected chi connectivity index (χ0v) is 18.3. The molecule has 4 aromatic rings. The quantitative estimate of drug-likeness (QED) is 0.353. The average molecular weight is 466 g/mol. The molecular formula is C23H20FN5O3S. The van der Waals surface area contributed by atoms with E-state index >= 15 is 0 Å². The van der Waals surface area contributed by atoms with E-state index in [1.807, 2.05) is 11.0 Å². The van der Waals surface area contributed by atoms with Gasteiger partial charge >= 0.3 is 0 Å². The zero-order valence-electron chi connectivity index (χ0n) is 17.5. The minimum Gasteiger partial charge on any atom is -0.363 e. The van der Waals surface area contributed by atoms with Gasteiger partial charge in [-0.15, -0.1) is 11.3 Å². The van der Waals surface area contributed by atoms with Gasteiger partial charge in [0, 0.05) is 37.1 Å². The number of nitrogens with one attached hydrogen (secondary N) is 1. The lowest BCUT2D eigenvalue weighted by Crippen LogP contribution is -2.46. The SMILES string of the molecule is O=c1[nH]c(CN2CCN(c3ccccc3[N+](=O)[O-])CC2)nc2cc(-c3ccc(F)cc3)sc12.